The molecule has 0 bridgehead atoms. The van der Waals surface area contributed by atoms with Crippen molar-refractivity contribution < 1.29 is 9.18 Å². The van der Waals surface area contributed by atoms with Gasteiger partial charge in [0.15, 0.2) is 0 Å². The molecular weight excluding hydrogens is 221 g/mol. The summed E-state index contributed by atoms with van der Waals surface area (Å²) in [5.74, 6) is -0.430. The zero-order valence-electron chi connectivity index (χ0n) is 9.16. The van der Waals surface area contributed by atoms with E-state index >= 15 is 0 Å². The van der Waals surface area contributed by atoms with Crippen LogP contribution in [0.4, 0.5) is 10.1 Å². The lowest BCUT2D eigenvalue weighted by atomic mass is 9.99. The third kappa shape index (κ3) is 2.80. The SMILES string of the molecule is N#Cc1ccc(NC(=O)CC2CNC2)c(F)c1. The Morgan fingerprint density at radius 1 is 1.59 bits per heavy atom. The van der Waals surface area contributed by atoms with E-state index in [4.69, 9.17) is 5.26 Å². The van der Waals surface area contributed by atoms with Gasteiger partial charge in [-0.1, -0.05) is 0 Å². The fourth-order valence-electron chi connectivity index (χ4n) is 1.64. The largest absolute Gasteiger partial charge is 0.324 e. The van der Waals surface area contributed by atoms with Crippen LogP contribution in [0.3, 0.4) is 0 Å². The van der Waals surface area contributed by atoms with Crippen LogP contribution in [0.25, 0.3) is 0 Å². The minimum Gasteiger partial charge on any atom is -0.324 e. The third-order valence-corrected chi connectivity index (χ3v) is 2.71. The summed E-state index contributed by atoms with van der Waals surface area (Å²) in [6.07, 6.45) is 0.395. The molecule has 0 radical (unpaired) electrons. The molecule has 2 rings (SSSR count). The molecule has 1 aromatic carbocycles. The molecule has 17 heavy (non-hydrogen) atoms. The number of hydrogen-bond acceptors (Lipinski definition) is 3. The number of carbonyl (C=O) groups is 1. The van der Waals surface area contributed by atoms with E-state index in [1.165, 1.54) is 12.1 Å². The molecule has 0 aromatic heterocycles. The highest BCUT2D eigenvalue weighted by atomic mass is 19.1. The average Bonchev–Trinajstić information content (AvgIpc) is 2.26. The highest BCUT2D eigenvalue weighted by molar-refractivity contribution is 5.91. The van der Waals surface area contributed by atoms with Crippen LogP contribution in [0.1, 0.15) is 12.0 Å². The Morgan fingerprint density at radius 3 is 2.88 bits per heavy atom. The first kappa shape index (κ1) is 11.6. The fourth-order valence-corrected chi connectivity index (χ4v) is 1.64. The summed E-state index contributed by atoms with van der Waals surface area (Å²) in [5.41, 5.74) is 0.366. The van der Waals surface area contributed by atoms with Crippen molar-refractivity contribution in [2.75, 3.05) is 18.4 Å². The second-order valence-corrected chi connectivity index (χ2v) is 4.08. The lowest BCUT2D eigenvalue weighted by molar-refractivity contribution is -0.117. The number of halogens is 1. The lowest BCUT2D eigenvalue weighted by Gasteiger charge is -2.26. The van der Waals surface area contributed by atoms with Gasteiger partial charge in [-0.05, 0) is 37.2 Å². The van der Waals surface area contributed by atoms with Gasteiger partial charge in [-0.2, -0.15) is 5.26 Å². The maximum absolute atomic E-state index is 13.5. The van der Waals surface area contributed by atoms with E-state index in [2.05, 4.69) is 10.6 Å². The normalized spacial score (nSPS) is 14.8. The van der Waals surface area contributed by atoms with Crippen molar-refractivity contribution in [3.63, 3.8) is 0 Å². The summed E-state index contributed by atoms with van der Waals surface area (Å²) in [6, 6.07) is 5.83. The van der Waals surface area contributed by atoms with Crippen molar-refractivity contribution in [1.29, 1.82) is 5.26 Å². The Bertz CT molecular complexity index is 477. The van der Waals surface area contributed by atoms with Crippen LogP contribution in [0.15, 0.2) is 18.2 Å². The van der Waals surface area contributed by atoms with Crippen LogP contribution in [0.5, 0.6) is 0 Å². The number of carbonyl (C=O) groups excluding carboxylic acids is 1. The molecule has 1 heterocycles. The van der Waals surface area contributed by atoms with Crippen LogP contribution >= 0.6 is 0 Å². The number of nitrogens with zero attached hydrogens (tertiary/aromatic N) is 1. The number of nitrogens with one attached hydrogen (secondary N) is 2. The predicted octanol–water partition coefficient (Wildman–Crippen LogP) is 1.25. The van der Waals surface area contributed by atoms with Crippen molar-refractivity contribution in [1.82, 2.24) is 5.32 Å². The van der Waals surface area contributed by atoms with Gasteiger partial charge >= 0.3 is 0 Å². The first-order valence-corrected chi connectivity index (χ1v) is 5.39. The summed E-state index contributed by atoms with van der Waals surface area (Å²) >= 11 is 0. The molecule has 1 amide bonds. The maximum atomic E-state index is 13.5. The molecule has 2 N–H and O–H groups in total. The molecule has 1 saturated heterocycles. The van der Waals surface area contributed by atoms with E-state index in [0.717, 1.165) is 19.2 Å². The number of anilines is 1. The minimum absolute atomic E-state index is 0.126. The van der Waals surface area contributed by atoms with E-state index in [1.807, 2.05) is 6.07 Å². The Morgan fingerprint density at radius 2 is 2.35 bits per heavy atom. The van der Waals surface area contributed by atoms with Crippen LogP contribution in [0, 0.1) is 23.1 Å². The van der Waals surface area contributed by atoms with Crippen molar-refractivity contribution in [2.45, 2.75) is 6.42 Å². The average molecular weight is 233 g/mol. The van der Waals surface area contributed by atoms with Gasteiger partial charge in [-0.3, -0.25) is 4.79 Å². The van der Waals surface area contributed by atoms with Gasteiger partial charge in [-0.25, -0.2) is 4.39 Å². The molecule has 0 aliphatic carbocycles. The van der Waals surface area contributed by atoms with Gasteiger partial charge in [0, 0.05) is 6.42 Å². The van der Waals surface area contributed by atoms with Crippen LogP contribution in [-0.2, 0) is 4.79 Å². The van der Waals surface area contributed by atoms with Gasteiger partial charge in [0.05, 0.1) is 17.3 Å². The van der Waals surface area contributed by atoms with Gasteiger partial charge < -0.3 is 10.6 Å². The molecular formula is C12H12FN3O. The Kier molecular flexibility index (Phi) is 3.35. The smallest absolute Gasteiger partial charge is 0.224 e. The topological polar surface area (TPSA) is 64.9 Å². The van der Waals surface area contributed by atoms with E-state index in [-0.39, 0.29) is 17.2 Å². The monoisotopic (exact) mass is 233 g/mol. The predicted molar refractivity (Wildman–Crippen MR) is 60.7 cm³/mol. The summed E-state index contributed by atoms with van der Waals surface area (Å²) in [4.78, 5) is 11.6. The Hall–Kier alpha value is -1.93. The molecule has 1 aliphatic rings. The third-order valence-electron chi connectivity index (χ3n) is 2.71. The zero-order valence-corrected chi connectivity index (χ0v) is 9.16. The van der Waals surface area contributed by atoms with Crippen molar-refractivity contribution in [3.05, 3.63) is 29.6 Å². The van der Waals surface area contributed by atoms with Crippen LogP contribution < -0.4 is 10.6 Å². The standard InChI is InChI=1S/C12H12FN3O/c13-10-3-8(5-14)1-2-11(10)16-12(17)4-9-6-15-7-9/h1-3,9,15H,4,6-7H2,(H,16,17). The second kappa shape index (κ2) is 4.93. The number of rotatable bonds is 3. The number of nitriles is 1. The molecule has 0 atom stereocenters. The summed E-state index contributed by atoms with van der Waals surface area (Å²) in [5, 5.41) is 14.2. The second-order valence-electron chi connectivity index (χ2n) is 4.08. The zero-order chi connectivity index (χ0) is 12.3. The molecule has 88 valence electrons. The molecule has 0 unspecified atom stereocenters. The van der Waals surface area contributed by atoms with Gasteiger partial charge in [0.1, 0.15) is 5.82 Å². The fraction of sp³-hybridized carbons (Fsp3) is 0.333. The minimum atomic E-state index is -0.580. The van der Waals surface area contributed by atoms with E-state index in [1.54, 1.807) is 0 Å². The van der Waals surface area contributed by atoms with Gasteiger partial charge in [0.25, 0.3) is 0 Å². The summed E-state index contributed by atoms with van der Waals surface area (Å²) < 4.78 is 13.5. The first-order valence-electron chi connectivity index (χ1n) is 5.39. The van der Waals surface area contributed by atoms with Gasteiger partial charge in [0.2, 0.25) is 5.91 Å². The maximum Gasteiger partial charge on any atom is 0.224 e. The highest BCUT2D eigenvalue weighted by Gasteiger charge is 2.20. The first-order chi connectivity index (χ1) is 8.19. The molecule has 5 heteroatoms. The number of benzene rings is 1. The summed E-state index contributed by atoms with van der Waals surface area (Å²) in [7, 11) is 0. The van der Waals surface area contributed by atoms with Gasteiger partial charge in [-0.15, -0.1) is 0 Å². The molecule has 0 saturated carbocycles. The van der Waals surface area contributed by atoms with E-state index in [0.29, 0.717) is 12.3 Å². The lowest BCUT2D eigenvalue weighted by Crippen LogP contribution is -2.43. The molecule has 1 aromatic rings. The van der Waals surface area contributed by atoms with Crippen molar-refractivity contribution in [2.24, 2.45) is 5.92 Å². The van der Waals surface area contributed by atoms with E-state index in [9.17, 15) is 9.18 Å². The number of amides is 1. The molecule has 1 fully saturated rings. The number of hydrogen-bond donors (Lipinski definition) is 2. The molecule has 0 spiro atoms. The van der Waals surface area contributed by atoms with Crippen molar-refractivity contribution in [3.8, 4) is 6.07 Å². The van der Waals surface area contributed by atoms with Crippen molar-refractivity contribution >= 4 is 11.6 Å². The van der Waals surface area contributed by atoms with Crippen LogP contribution in [0.2, 0.25) is 0 Å². The quantitative estimate of drug-likeness (QED) is 0.825. The Balaban J connectivity index is 1.98. The van der Waals surface area contributed by atoms with Crippen LogP contribution in [-0.4, -0.2) is 19.0 Å². The Labute approximate surface area is 98.4 Å². The summed E-state index contributed by atoms with van der Waals surface area (Å²) in [6.45, 7) is 1.67. The van der Waals surface area contributed by atoms with E-state index < -0.39 is 5.82 Å². The highest BCUT2D eigenvalue weighted by Crippen LogP contribution is 2.17. The molecule has 4 nitrogen and oxygen atoms in total. The molecule has 1 aliphatic heterocycles.